The lowest BCUT2D eigenvalue weighted by Gasteiger charge is -2.44. The number of nitrogens with zero attached hydrogens (tertiary/aromatic N) is 2. The number of hydrogen-bond acceptors (Lipinski definition) is 2. The zero-order valence-corrected chi connectivity index (χ0v) is 15.1. The largest absolute Gasteiger partial charge is 0.496 e. The van der Waals surface area contributed by atoms with Crippen LogP contribution in [0, 0.1) is 6.92 Å². The Bertz CT molecular complexity index is 919. The molecule has 3 aromatic carbocycles. The maximum Gasteiger partial charge on any atom is 0.121 e. The molecule has 0 bridgehead atoms. The molecule has 0 aliphatic carbocycles. The Morgan fingerprint density at radius 3 is 2.27 bits per heavy atom. The van der Waals surface area contributed by atoms with Crippen molar-refractivity contribution in [3.05, 3.63) is 90.0 Å². The number of para-hydroxylation sites is 1. The number of ether oxygens (including phenoxy) is 1. The summed E-state index contributed by atoms with van der Waals surface area (Å²) in [6.45, 7) is 2.08. The lowest BCUT2D eigenvalue weighted by Crippen LogP contribution is -2.46. The van der Waals surface area contributed by atoms with Gasteiger partial charge in [0, 0.05) is 12.1 Å². The highest BCUT2D eigenvalue weighted by atomic mass is 16.5. The summed E-state index contributed by atoms with van der Waals surface area (Å²) >= 11 is 0. The summed E-state index contributed by atoms with van der Waals surface area (Å²) in [4.78, 5) is 7.21. The Labute approximate surface area is 154 Å². The molecule has 0 aromatic heterocycles. The topological polar surface area (TPSA) is 24.8 Å². The second-order valence-electron chi connectivity index (χ2n) is 6.52. The van der Waals surface area contributed by atoms with Crippen LogP contribution in [0.5, 0.6) is 5.75 Å². The van der Waals surface area contributed by atoms with Crippen molar-refractivity contribution in [2.45, 2.75) is 19.4 Å². The molecule has 0 spiro atoms. The van der Waals surface area contributed by atoms with Crippen molar-refractivity contribution >= 4 is 17.2 Å². The standard InChI is InChI=1S/C23H22N2O/c1-17-15-20(13-14-22(17)26-2)25-21(18-9-5-3-6-10-18)16-23(25)24-19-11-7-4-8-12-19/h3-15,21H,16H2,1-2H3. The molecule has 1 aliphatic heterocycles. The van der Waals surface area contributed by atoms with Gasteiger partial charge in [0.25, 0.3) is 0 Å². The van der Waals surface area contributed by atoms with E-state index in [1.165, 1.54) is 5.56 Å². The highest BCUT2D eigenvalue weighted by Crippen LogP contribution is 2.41. The lowest BCUT2D eigenvalue weighted by atomic mass is 9.92. The third kappa shape index (κ3) is 3.08. The summed E-state index contributed by atoms with van der Waals surface area (Å²) in [5.41, 5.74) is 4.58. The number of amidine groups is 1. The van der Waals surface area contributed by atoms with Crippen LogP contribution in [0.15, 0.2) is 83.9 Å². The predicted molar refractivity (Wildman–Crippen MR) is 108 cm³/mol. The fourth-order valence-electron chi connectivity index (χ4n) is 3.46. The minimum Gasteiger partial charge on any atom is -0.496 e. The van der Waals surface area contributed by atoms with Gasteiger partial charge in [-0.15, -0.1) is 0 Å². The molecule has 0 amide bonds. The van der Waals surface area contributed by atoms with Crippen molar-refractivity contribution in [1.82, 2.24) is 0 Å². The minimum atomic E-state index is 0.312. The number of rotatable bonds is 4. The van der Waals surface area contributed by atoms with Gasteiger partial charge in [0.05, 0.1) is 18.8 Å². The van der Waals surface area contributed by atoms with E-state index in [4.69, 9.17) is 9.73 Å². The van der Waals surface area contributed by atoms with Gasteiger partial charge in [-0.25, -0.2) is 4.99 Å². The third-order valence-corrected chi connectivity index (χ3v) is 4.82. The lowest BCUT2D eigenvalue weighted by molar-refractivity contribution is 0.411. The average Bonchev–Trinajstić information content (AvgIpc) is 2.66. The van der Waals surface area contributed by atoms with Gasteiger partial charge < -0.3 is 9.64 Å². The molecule has 130 valence electrons. The predicted octanol–water partition coefficient (Wildman–Crippen LogP) is 5.69. The molecule has 3 nitrogen and oxygen atoms in total. The number of anilines is 1. The van der Waals surface area contributed by atoms with Crippen LogP contribution in [-0.4, -0.2) is 12.9 Å². The van der Waals surface area contributed by atoms with Crippen LogP contribution in [0.4, 0.5) is 11.4 Å². The summed E-state index contributed by atoms with van der Waals surface area (Å²) in [6, 6.07) is 27.4. The van der Waals surface area contributed by atoms with Crippen molar-refractivity contribution in [3.63, 3.8) is 0 Å². The van der Waals surface area contributed by atoms with E-state index in [2.05, 4.69) is 54.3 Å². The number of hydrogen-bond donors (Lipinski definition) is 0. The highest BCUT2D eigenvalue weighted by Gasteiger charge is 2.36. The molecule has 1 aliphatic rings. The first kappa shape index (κ1) is 16.4. The molecule has 1 fully saturated rings. The molecule has 1 atom stereocenters. The third-order valence-electron chi connectivity index (χ3n) is 4.82. The summed E-state index contributed by atoms with van der Waals surface area (Å²) in [5, 5.41) is 0. The van der Waals surface area contributed by atoms with Gasteiger partial charge in [-0.2, -0.15) is 0 Å². The first-order chi connectivity index (χ1) is 12.8. The molecule has 0 radical (unpaired) electrons. The molecule has 0 saturated carbocycles. The maximum absolute atomic E-state index is 5.42. The van der Waals surface area contributed by atoms with Crippen molar-refractivity contribution in [1.29, 1.82) is 0 Å². The Kier molecular flexibility index (Phi) is 4.44. The van der Waals surface area contributed by atoms with Gasteiger partial charge >= 0.3 is 0 Å². The molecule has 3 heteroatoms. The normalized spacial score (nSPS) is 17.8. The zero-order chi connectivity index (χ0) is 17.9. The number of methoxy groups -OCH3 is 1. The minimum absolute atomic E-state index is 0.312. The highest BCUT2D eigenvalue weighted by molar-refractivity contribution is 6.06. The molecular formula is C23H22N2O. The van der Waals surface area contributed by atoms with Crippen LogP contribution in [0.2, 0.25) is 0 Å². The van der Waals surface area contributed by atoms with E-state index < -0.39 is 0 Å². The van der Waals surface area contributed by atoms with E-state index in [-0.39, 0.29) is 0 Å². The smallest absolute Gasteiger partial charge is 0.121 e. The average molecular weight is 342 g/mol. The van der Waals surface area contributed by atoms with Gasteiger partial charge in [0.15, 0.2) is 0 Å². The van der Waals surface area contributed by atoms with Crippen LogP contribution in [0.25, 0.3) is 0 Å². The van der Waals surface area contributed by atoms with E-state index in [0.29, 0.717) is 6.04 Å². The first-order valence-corrected chi connectivity index (χ1v) is 8.87. The van der Waals surface area contributed by atoms with Crippen molar-refractivity contribution in [3.8, 4) is 5.75 Å². The molecule has 4 rings (SSSR count). The first-order valence-electron chi connectivity index (χ1n) is 8.87. The molecule has 1 heterocycles. The maximum atomic E-state index is 5.42. The Morgan fingerprint density at radius 1 is 0.923 bits per heavy atom. The van der Waals surface area contributed by atoms with E-state index in [1.54, 1.807) is 7.11 Å². The molecule has 3 aromatic rings. The quantitative estimate of drug-likeness (QED) is 0.609. The Hall–Kier alpha value is -3.07. The van der Waals surface area contributed by atoms with Crippen molar-refractivity contribution in [2.75, 3.05) is 12.0 Å². The Balaban J connectivity index is 1.73. The summed E-state index contributed by atoms with van der Waals surface area (Å²) < 4.78 is 5.42. The molecule has 26 heavy (non-hydrogen) atoms. The monoisotopic (exact) mass is 342 g/mol. The van der Waals surface area contributed by atoms with E-state index in [9.17, 15) is 0 Å². The van der Waals surface area contributed by atoms with Gasteiger partial charge in [0.2, 0.25) is 0 Å². The van der Waals surface area contributed by atoms with E-state index in [1.807, 2.05) is 36.4 Å². The Morgan fingerprint density at radius 2 is 1.62 bits per heavy atom. The second kappa shape index (κ2) is 7.04. The SMILES string of the molecule is COc1ccc(N2C(=Nc3ccccc3)CC2c2ccccc2)cc1C. The van der Waals surface area contributed by atoms with Crippen LogP contribution in [0.3, 0.4) is 0 Å². The van der Waals surface area contributed by atoms with Crippen LogP contribution in [0.1, 0.15) is 23.6 Å². The zero-order valence-electron chi connectivity index (χ0n) is 15.1. The fourth-order valence-corrected chi connectivity index (χ4v) is 3.46. The van der Waals surface area contributed by atoms with E-state index >= 15 is 0 Å². The summed E-state index contributed by atoms with van der Waals surface area (Å²) in [5.74, 6) is 2.00. The van der Waals surface area contributed by atoms with Crippen LogP contribution >= 0.6 is 0 Å². The number of aliphatic imine (C=N–C) groups is 1. The van der Waals surface area contributed by atoms with Crippen LogP contribution in [-0.2, 0) is 0 Å². The van der Waals surface area contributed by atoms with Crippen LogP contribution < -0.4 is 9.64 Å². The molecular weight excluding hydrogens is 320 g/mol. The number of benzene rings is 3. The number of aryl methyl sites for hydroxylation is 1. The molecule has 1 unspecified atom stereocenters. The molecule has 1 saturated heterocycles. The summed E-state index contributed by atoms with van der Waals surface area (Å²) in [7, 11) is 1.71. The van der Waals surface area contributed by atoms with Gasteiger partial charge in [-0.05, 0) is 48.4 Å². The van der Waals surface area contributed by atoms with Gasteiger partial charge in [-0.1, -0.05) is 48.5 Å². The van der Waals surface area contributed by atoms with E-state index in [0.717, 1.165) is 34.9 Å². The van der Waals surface area contributed by atoms with Gasteiger partial charge in [-0.3, -0.25) is 0 Å². The van der Waals surface area contributed by atoms with Gasteiger partial charge in [0.1, 0.15) is 11.6 Å². The molecule has 0 N–H and O–H groups in total. The second-order valence-corrected chi connectivity index (χ2v) is 6.52. The fraction of sp³-hybridized carbons (Fsp3) is 0.174. The summed E-state index contributed by atoms with van der Waals surface area (Å²) in [6.07, 6.45) is 0.935. The van der Waals surface area contributed by atoms with Crippen molar-refractivity contribution < 1.29 is 4.74 Å². The van der Waals surface area contributed by atoms with Crippen molar-refractivity contribution in [2.24, 2.45) is 4.99 Å².